The van der Waals surface area contributed by atoms with Gasteiger partial charge >= 0.3 is 37.2 Å². The SMILES string of the molecule is COP(=O)(/C=C(\[O-])C(F)(F)c1cccc(Br)c1)OC.[Na+]. The van der Waals surface area contributed by atoms with Crippen molar-refractivity contribution in [3.63, 3.8) is 0 Å². The van der Waals surface area contributed by atoms with E-state index in [1.807, 2.05) is 0 Å². The molecule has 0 heterocycles. The van der Waals surface area contributed by atoms with E-state index in [4.69, 9.17) is 0 Å². The van der Waals surface area contributed by atoms with Gasteiger partial charge in [-0.3, -0.25) is 4.57 Å². The average molecular weight is 379 g/mol. The monoisotopic (exact) mass is 378 g/mol. The molecule has 0 saturated carbocycles. The van der Waals surface area contributed by atoms with Crippen LogP contribution in [0.4, 0.5) is 8.78 Å². The van der Waals surface area contributed by atoms with Crippen LogP contribution in [-0.4, -0.2) is 14.2 Å². The van der Waals surface area contributed by atoms with Gasteiger partial charge in [0, 0.05) is 30.1 Å². The van der Waals surface area contributed by atoms with Crippen LogP contribution in [0.1, 0.15) is 5.56 Å². The normalized spacial score (nSPS) is 12.9. The second-order valence-corrected chi connectivity index (χ2v) is 6.47. The van der Waals surface area contributed by atoms with Crippen LogP contribution in [-0.2, 0) is 19.5 Å². The Kier molecular flexibility index (Phi) is 8.13. The molecule has 0 radical (unpaired) electrons. The molecule has 1 aromatic carbocycles. The zero-order valence-corrected chi connectivity index (χ0v) is 15.6. The van der Waals surface area contributed by atoms with E-state index in [1.165, 1.54) is 6.07 Å². The Morgan fingerprint density at radius 3 is 2.40 bits per heavy atom. The fourth-order valence-corrected chi connectivity index (χ4v) is 2.44. The van der Waals surface area contributed by atoms with Crippen molar-refractivity contribution in [3.05, 3.63) is 45.9 Å². The third kappa shape index (κ3) is 4.91. The molecule has 0 fully saturated rings. The summed E-state index contributed by atoms with van der Waals surface area (Å²) in [6, 6.07) is 5.12. The number of alkyl halides is 2. The molecule has 106 valence electrons. The Labute approximate surface area is 146 Å². The topological polar surface area (TPSA) is 58.6 Å². The van der Waals surface area contributed by atoms with Gasteiger partial charge in [-0.1, -0.05) is 28.1 Å². The van der Waals surface area contributed by atoms with E-state index >= 15 is 0 Å². The van der Waals surface area contributed by atoms with Crippen molar-refractivity contribution in [1.29, 1.82) is 0 Å². The first-order chi connectivity index (χ1) is 8.75. The Hall–Kier alpha value is 0.250. The van der Waals surface area contributed by atoms with E-state index in [0.717, 1.165) is 26.4 Å². The zero-order valence-electron chi connectivity index (χ0n) is 11.1. The van der Waals surface area contributed by atoms with Crippen molar-refractivity contribution in [2.24, 2.45) is 0 Å². The molecule has 0 aliphatic rings. The predicted molar refractivity (Wildman–Crippen MR) is 67.7 cm³/mol. The van der Waals surface area contributed by atoms with Crippen LogP contribution >= 0.6 is 23.5 Å². The molecule has 0 aliphatic heterocycles. The third-order valence-corrected chi connectivity index (χ3v) is 4.34. The van der Waals surface area contributed by atoms with Crippen LogP contribution in [0.5, 0.6) is 0 Å². The maximum Gasteiger partial charge on any atom is 1.00 e. The van der Waals surface area contributed by atoms with Gasteiger partial charge in [0.05, 0.1) is 0 Å². The first-order valence-electron chi connectivity index (χ1n) is 5.00. The maximum atomic E-state index is 13.9. The first-order valence-corrected chi connectivity index (χ1v) is 7.41. The van der Waals surface area contributed by atoms with E-state index in [0.29, 0.717) is 4.47 Å². The van der Waals surface area contributed by atoms with Gasteiger partial charge in [-0.25, -0.2) is 0 Å². The largest absolute Gasteiger partial charge is 1.00 e. The fourth-order valence-electron chi connectivity index (χ4n) is 1.23. The Morgan fingerprint density at radius 2 is 1.95 bits per heavy atom. The summed E-state index contributed by atoms with van der Waals surface area (Å²) in [5.74, 6) is -5.16. The van der Waals surface area contributed by atoms with Crippen LogP contribution in [0.3, 0.4) is 0 Å². The molecule has 9 heteroatoms. The molecular formula is C11H11BrF2NaO4P. The van der Waals surface area contributed by atoms with Gasteiger partial charge < -0.3 is 14.2 Å². The summed E-state index contributed by atoms with van der Waals surface area (Å²) in [4.78, 5) is 0. The number of hydrogen-bond donors (Lipinski definition) is 0. The molecule has 0 aromatic heterocycles. The second kappa shape index (κ2) is 8.03. The zero-order chi connectivity index (χ0) is 14.7. The molecule has 0 saturated heterocycles. The van der Waals surface area contributed by atoms with E-state index in [1.54, 1.807) is 6.07 Å². The van der Waals surface area contributed by atoms with Gasteiger partial charge in [-0.05, 0) is 17.9 Å². The summed E-state index contributed by atoms with van der Waals surface area (Å²) < 4.78 is 48.7. The minimum absolute atomic E-state index is 0. The molecule has 1 rings (SSSR count). The van der Waals surface area contributed by atoms with Crippen LogP contribution in [0.15, 0.2) is 40.3 Å². The van der Waals surface area contributed by atoms with E-state index < -0.39 is 24.8 Å². The Morgan fingerprint density at radius 1 is 1.40 bits per heavy atom. The Balaban J connectivity index is 0.00000361. The predicted octanol–water partition coefficient (Wildman–Crippen LogP) is 0.233. The molecule has 0 aliphatic carbocycles. The number of rotatable bonds is 5. The first kappa shape index (κ1) is 20.2. The quantitative estimate of drug-likeness (QED) is 0.418. The summed E-state index contributed by atoms with van der Waals surface area (Å²) in [6.07, 6.45) is 0. The van der Waals surface area contributed by atoms with Crippen molar-refractivity contribution >= 4 is 23.5 Å². The minimum atomic E-state index is -3.93. The van der Waals surface area contributed by atoms with Crippen molar-refractivity contribution in [2.75, 3.05) is 14.2 Å². The maximum absolute atomic E-state index is 13.9. The summed E-state index contributed by atoms with van der Waals surface area (Å²) in [5.41, 5.74) is -0.512. The second-order valence-electron chi connectivity index (χ2n) is 3.48. The van der Waals surface area contributed by atoms with Crippen molar-refractivity contribution in [3.8, 4) is 0 Å². The van der Waals surface area contributed by atoms with Crippen molar-refractivity contribution < 1.29 is 57.1 Å². The third-order valence-electron chi connectivity index (χ3n) is 2.28. The average Bonchev–Trinajstić information content (AvgIpc) is 2.38. The molecule has 1 aromatic rings. The number of benzene rings is 1. The molecule has 0 bridgehead atoms. The van der Waals surface area contributed by atoms with E-state index in [2.05, 4.69) is 25.0 Å². The number of hydrogen-bond acceptors (Lipinski definition) is 4. The number of allylic oxidation sites excluding steroid dienone is 1. The van der Waals surface area contributed by atoms with Crippen LogP contribution in [0.25, 0.3) is 0 Å². The summed E-state index contributed by atoms with van der Waals surface area (Å²) >= 11 is 3.03. The molecule has 0 atom stereocenters. The van der Waals surface area contributed by atoms with Gasteiger partial charge in [-0.15, -0.1) is 0 Å². The van der Waals surface area contributed by atoms with E-state index in [9.17, 15) is 18.5 Å². The van der Waals surface area contributed by atoms with Gasteiger partial charge in [0.2, 0.25) is 0 Å². The molecule has 0 unspecified atom stereocenters. The van der Waals surface area contributed by atoms with Gasteiger partial charge in [-0.2, -0.15) is 8.78 Å². The summed E-state index contributed by atoms with van der Waals surface area (Å²) in [5, 5.41) is 11.6. The van der Waals surface area contributed by atoms with Crippen LogP contribution in [0.2, 0.25) is 0 Å². The smallest absolute Gasteiger partial charge is 0.871 e. The number of halogens is 3. The van der Waals surface area contributed by atoms with Crippen LogP contribution in [0, 0.1) is 0 Å². The molecular weight excluding hydrogens is 368 g/mol. The van der Waals surface area contributed by atoms with Gasteiger partial charge in [0.25, 0.3) is 5.92 Å². The van der Waals surface area contributed by atoms with Crippen molar-refractivity contribution in [2.45, 2.75) is 5.92 Å². The van der Waals surface area contributed by atoms with E-state index in [-0.39, 0.29) is 35.4 Å². The molecule has 4 nitrogen and oxygen atoms in total. The minimum Gasteiger partial charge on any atom is -0.871 e. The molecule has 20 heavy (non-hydrogen) atoms. The standard InChI is InChI=1S/C11H12BrF2O4P.Na/c1-17-19(16,18-2)7-10(15)11(13,14)8-4-3-5-9(12)6-8;/h3-7,15H,1-2H3;/q;+1/p-1/b10-7-;. The molecule has 0 N–H and O–H groups in total. The molecule has 0 amide bonds. The fraction of sp³-hybridized carbons (Fsp3) is 0.273. The van der Waals surface area contributed by atoms with Gasteiger partial charge in [0.1, 0.15) is 0 Å². The summed E-state index contributed by atoms with van der Waals surface area (Å²) in [6.45, 7) is 0. The summed E-state index contributed by atoms with van der Waals surface area (Å²) in [7, 11) is -1.92. The van der Waals surface area contributed by atoms with Crippen molar-refractivity contribution in [1.82, 2.24) is 0 Å². The molecule has 0 spiro atoms. The Bertz CT molecular complexity index is 531. The van der Waals surface area contributed by atoms with Crippen LogP contribution < -0.4 is 34.7 Å². The van der Waals surface area contributed by atoms with Gasteiger partial charge in [0.15, 0.2) is 0 Å².